The third kappa shape index (κ3) is 3.81. The van der Waals surface area contributed by atoms with Crippen molar-refractivity contribution in [3.8, 4) is 0 Å². The van der Waals surface area contributed by atoms with E-state index < -0.39 is 0 Å². The molecule has 0 bridgehead atoms. The monoisotopic (exact) mass is 313 g/mol. The van der Waals surface area contributed by atoms with Crippen LogP contribution in [-0.2, 0) is 11.8 Å². The van der Waals surface area contributed by atoms with E-state index in [0.29, 0.717) is 12.2 Å². The fourth-order valence-electron chi connectivity index (χ4n) is 3.00. The Morgan fingerprint density at radius 2 is 1.91 bits per heavy atom. The van der Waals surface area contributed by atoms with Crippen molar-refractivity contribution in [2.45, 2.75) is 6.04 Å². The highest BCUT2D eigenvalue weighted by molar-refractivity contribution is 5.92. The van der Waals surface area contributed by atoms with Crippen LogP contribution in [0.2, 0.25) is 0 Å². The second kappa shape index (κ2) is 7.44. The molecule has 1 aromatic carbocycles. The standard InChI is InChI=1S/C18H23N3O2/c1-20-9-5-8-16(20)18(22)19-14-17(15-6-3-2-4-7-15)21-10-12-23-13-11-21/h2-9,17H,10-14H2,1H3,(H,19,22). The average molecular weight is 313 g/mol. The fourth-order valence-corrected chi connectivity index (χ4v) is 3.00. The number of aromatic nitrogens is 1. The Labute approximate surface area is 136 Å². The van der Waals surface area contributed by atoms with Gasteiger partial charge in [0.05, 0.1) is 19.3 Å². The van der Waals surface area contributed by atoms with Crippen molar-refractivity contribution >= 4 is 5.91 Å². The van der Waals surface area contributed by atoms with E-state index in [4.69, 9.17) is 4.74 Å². The van der Waals surface area contributed by atoms with E-state index in [9.17, 15) is 4.79 Å². The van der Waals surface area contributed by atoms with Crippen molar-refractivity contribution in [3.63, 3.8) is 0 Å². The van der Waals surface area contributed by atoms with Gasteiger partial charge in [0.15, 0.2) is 0 Å². The van der Waals surface area contributed by atoms with E-state index >= 15 is 0 Å². The first-order chi connectivity index (χ1) is 11.3. The summed E-state index contributed by atoms with van der Waals surface area (Å²) < 4.78 is 7.29. The van der Waals surface area contributed by atoms with E-state index in [-0.39, 0.29) is 11.9 Å². The summed E-state index contributed by atoms with van der Waals surface area (Å²) in [6.07, 6.45) is 1.88. The molecule has 2 heterocycles. The van der Waals surface area contributed by atoms with Crippen LogP contribution in [0.5, 0.6) is 0 Å². The maximum atomic E-state index is 12.4. The van der Waals surface area contributed by atoms with Crippen molar-refractivity contribution in [1.29, 1.82) is 0 Å². The molecule has 3 rings (SSSR count). The number of ether oxygens (including phenoxy) is 1. The molecule has 1 atom stereocenters. The smallest absolute Gasteiger partial charge is 0.267 e. The van der Waals surface area contributed by atoms with E-state index in [2.05, 4.69) is 22.3 Å². The minimum Gasteiger partial charge on any atom is -0.379 e. The van der Waals surface area contributed by atoms with Crippen LogP contribution in [-0.4, -0.2) is 48.2 Å². The molecule has 2 aromatic rings. The number of amides is 1. The molecule has 0 saturated carbocycles. The van der Waals surface area contributed by atoms with Crippen LogP contribution >= 0.6 is 0 Å². The van der Waals surface area contributed by atoms with Crippen LogP contribution in [0, 0.1) is 0 Å². The quantitative estimate of drug-likeness (QED) is 0.916. The topological polar surface area (TPSA) is 46.5 Å². The highest BCUT2D eigenvalue weighted by Gasteiger charge is 2.23. The number of rotatable bonds is 5. The first kappa shape index (κ1) is 15.8. The lowest BCUT2D eigenvalue weighted by atomic mass is 10.0. The summed E-state index contributed by atoms with van der Waals surface area (Å²) in [5, 5.41) is 3.08. The molecule has 0 spiro atoms. The van der Waals surface area contributed by atoms with Crippen molar-refractivity contribution in [2.24, 2.45) is 7.05 Å². The lowest BCUT2D eigenvalue weighted by Crippen LogP contribution is -2.44. The Morgan fingerprint density at radius 1 is 1.17 bits per heavy atom. The summed E-state index contributed by atoms with van der Waals surface area (Å²) in [6.45, 7) is 3.86. The molecule has 1 aromatic heterocycles. The molecule has 5 nitrogen and oxygen atoms in total. The van der Waals surface area contributed by atoms with Gasteiger partial charge in [0.1, 0.15) is 5.69 Å². The molecule has 23 heavy (non-hydrogen) atoms. The number of nitrogens with one attached hydrogen (secondary N) is 1. The van der Waals surface area contributed by atoms with Crippen LogP contribution in [0.25, 0.3) is 0 Å². The number of nitrogens with zero attached hydrogens (tertiary/aromatic N) is 2. The Kier molecular flexibility index (Phi) is 5.10. The average Bonchev–Trinajstić information content (AvgIpc) is 3.03. The van der Waals surface area contributed by atoms with E-state index in [1.54, 1.807) is 0 Å². The third-order valence-electron chi connectivity index (χ3n) is 4.30. The maximum Gasteiger partial charge on any atom is 0.267 e. The van der Waals surface area contributed by atoms with Crippen molar-refractivity contribution < 1.29 is 9.53 Å². The van der Waals surface area contributed by atoms with Crippen LogP contribution in [0.1, 0.15) is 22.1 Å². The predicted octanol–water partition coefficient (Wildman–Crippen LogP) is 1.83. The van der Waals surface area contributed by atoms with Crippen LogP contribution in [0.4, 0.5) is 0 Å². The van der Waals surface area contributed by atoms with Gasteiger partial charge in [-0.1, -0.05) is 30.3 Å². The number of carbonyl (C=O) groups excluding carboxylic acids is 1. The summed E-state index contributed by atoms with van der Waals surface area (Å²) in [5.41, 5.74) is 1.90. The van der Waals surface area contributed by atoms with Gasteiger partial charge >= 0.3 is 0 Å². The van der Waals surface area contributed by atoms with Crippen molar-refractivity contribution in [3.05, 3.63) is 59.9 Å². The van der Waals surface area contributed by atoms with Gasteiger partial charge in [-0.05, 0) is 17.7 Å². The molecule has 0 radical (unpaired) electrons. The van der Waals surface area contributed by atoms with Gasteiger partial charge in [-0.25, -0.2) is 0 Å². The molecule has 1 N–H and O–H groups in total. The number of aryl methyl sites for hydroxylation is 1. The van der Waals surface area contributed by atoms with Crippen LogP contribution < -0.4 is 5.32 Å². The third-order valence-corrected chi connectivity index (χ3v) is 4.30. The number of hydrogen-bond acceptors (Lipinski definition) is 3. The summed E-state index contributed by atoms with van der Waals surface area (Å²) >= 11 is 0. The molecule has 1 aliphatic rings. The summed E-state index contributed by atoms with van der Waals surface area (Å²) in [6, 6.07) is 14.2. The molecule has 1 amide bonds. The summed E-state index contributed by atoms with van der Waals surface area (Å²) in [4.78, 5) is 14.7. The molecule has 1 aliphatic heterocycles. The minimum absolute atomic E-state index is 0.0355. The number of benzene rings is 1. The number of carbonyl (C=O) groups is 1. The zero-order valence-electron chi connectivity index (χ0n) is 13.4. The second-order valence-electron chi connectivity index (χ2n) is 5.79. The van der Waals surface area contributed by atoms with Gasteiger partial charge in [0.2, 0.25) is 0 Å². The van der Waals surface area contributed by atoms with Gasteiger partial charge in [-0.3, -0.25) is 9.69 Å². The van der Waals surface area contributed by atoms with E-state index in [1.807, 2.05) is 48.1 Å². The lowest BCUT2D eigenvalue weighted by molar-refractivity contribution is 0.0162. The van der Waals surface area contributed by atoms with E-state index in [1.165, 1.54) is 5.56 Å². The lowest BCUT2D eigenvalue weighted by Gasteiger charge is -2.35. The maximum absolute atomic E-state index is 12.4. The van der Waals surface area contributed by atoms with Crippen LogP contribution in [0.3, 0.4) is 0 Å². The molecule has 122 valence electrons. The number of morpholine rings is 1. The highest BCUT2D eigenvalue weighted by atomic mass is 16.5. The van der Waals surface area contributed by atoms with Crippen LogP contribution in [0.15, 0.2) is 48.7 Å². The molecule has 1 fully saturated rings. The Balaban J connectivity index is 1.71. The van der Waals surface area contributed by atoms with Gasteiger partial charge in [0.25, 0.3) is 5.91 Å². The molecular weight excluding hydrogens is 290 g/mol. The zero-order valence-corrected chi connectivity index (χ0v) is 13.4. The van der Waals surface area contributed by atoms with Crippen molar-refractivity contribution in [2.75, 3.05) is 32.8 Å². The first-order valence-electron chi connectivity index (χ1n) is 8.02. The SMILES string of the molecule is Cn1cccc1C(=O)NCC(c1ccccc1)N1CCOCC1. The molecule has 1 saturated heterocycles. The molecular formula is C18H23N3O2. The number of hydrogen-bond donors (Lipinski definition) is 1. The Morgan fingerprint density at radius 3 is 2.57 bits per heavy atom. The van der Waals surface area contributed by atoms with Gasteiger partial charge in [0, 0.05) is 32.9 Å². The van der Waals surface area contributed by atoms with E-state index in [0.717, 1.165) is 26.3 Å². The second-order valence-corrected chi connectivity index (χ2v) is 5.79. The normalized spacial score (nSPS) is 16.9. The largest absolute Gasteiger partial charge is 0.379 e. The zero-order chi connectivity index (χ0) is 16.1. The first-order valence-corrected chi connectivity index (χ1v) is 8.02. The van der Waals surface area contributed by atoms with Crippen molar-refractivity contribution in [1.82, 2.24) is 14.8 Å². The molecule has 0 aliphatic carbocycles. The molecule has 1 unspecified atom stereocenters. The summed E-state index contributed by atoms with van der Waals surface area (Å²) in [7, 11) is 1.88. The Bertz CT molecular complexity index is 633. The summed E-state index contributed by atoms with van der Waals surface area (Å²) in [5.74, 6) is -0.0355. The minimum atomic E-state index is -0.0355. The predicted molar refractivity (Wildman–Crippen MR) is 89.3 cm³/mol. The van der Waals surface area contributed by atoms with Gasteiger partial charge in [-0.15, -0.1) is 0 Å². The fraction of sp³-hybridized carbons (Fsp3) is 0.389. The highest BCUT2D eigenvalue weighted by Crippen LogP contribution is 2.21. The van der Waals surface area contributed by atoms with Gasteiger partial charge in [-0.2, -0.15) is 0 Å². The van der Waals surface area contributed by atoms with Gasteiger partial charge < -0.3 is 14.6 Å². The Hall–Kier alpha value is -2.11. The molecule has 5 heteroatoms.